The Morgan fingerprint density at radius 2 is 2.23 bits per heavy atom. The molecule has 1 aromatic carbocycles. The van der Waals surface area contributed by atoms with Crippen LogP contribution >= 0.6 is 58.2 Å². The molecule has 0 saturated heterocycles. The highest BCUT2D eigenvalue weighted by Gasteiger charge is 2.07. The number of rotatable bonds is 1. The fourth-order valence-corrected chi connectivity index (χ4v) is 3.86. The first-order valence-corrected chi connectivity index (χ1v) is 6.61. The Bertz CT molecular complexity index is 450. The van der Waals surface area contributed by atoms with E-state index in [4.69, 9.17) is 11.6 Å². The second-order valence-corrected chi connectivity index (χ2v) is 5.42. The molecule has 0 saturated carbocycles. The molecule has 0 unspecified atom stereocenters. The highest BCUT2D eigenvalue weighted by Crippen LogP contribution is 2.34. The molecule has 4 heteroatoms. The Morgan fingerprint density at radius 3 is 2.92 bits per heavy atom. The van der Waals surface area contributed by atoms with Crippen molar-refractivity contribution >= 4 is 68.2 Å². The van der Waals surface area contributed by atoms with Crippen LogP contribution in [0.1, 0.15) is 5.56 Å². The number of hydrogen-bond donors (Lipinski definition) is 1. The van der Waals surface area contributed by atoms with Gasteiger partial charge in [0.2, 0.25) is 0 Å². The van der Waals surface area contributed by atoms with Gasteiger partial charge < -0.3 is 0 Å². The maximum Gasteiger partial charge on any atom is 0.0490 e. The Balaban J connectivity index is 2.80. The first-order chi connectivity index (χ1) is 6.24. The predicted molar refractivity (Wildman–Crippen MR) is 71.4 cm³/mol. The maximum absolute atomic E-state index is 5.79. The van der Waals surface area contributed by atoms with Crippen molar-refractivity contribution in [1.82, 2.24) is 0 Å². The molecule has 1 aromatic heterocycles. The van der Waals surface area contributed by atoms with Crippen LogP contribution in [0.15, 0.2) is 22.4 Å². The lowest BCUT2D eigenvalue weighted by Gasteiger charge is -2.01. The van der Waals surface area contributed by atoms with Gasteiger partial charge in [-0.15, -0.1) is 35.6 Å². The highest BCUT2D eigenvalue weighted by molar-refractivity contribution is 14.1. The molecule has 0 N–H and O–H groups in total. The minimum absolute atomic E-state index is 0.531. The van der Waals surface area contributed by atoms with Crippen molar-refractivity contribution in [3.8, 4) is 0 Å². The van der Waals surface area contributed by atoms with Gasteiger partial charge in [0.05, 0.1) is 0 Å². The number of thiophene rings is 1. The van der Waals surface area contributed by atoms with Gasteiger partial charge >= 0.3 is 0 Å². The van der Waals surface area contributed by atoms with E-state index in [1.807, 2.05) is 6.07 Å². The predicted octanol–water partition coefficient (Wildman–Crippen LogP) is 4.53. The number of hydrogen-bond acceptors (Lipinski definition) is 2. The summed E-state index contributed by atoms with van der Waals surface area (Å²) in [6.07, 6.45) is 0. The van der Waals surface area contributed by atoms with Crippen molar-refractivity contribution in [2.75, 3.05) is 0 Å². The fraction of sp³-hybridized carbons (Fsp3) is 0.111. The molecule has 2 aromatic rings. The van der Waals surface area contributed by atoms with Crippen LogP contribution in [0.3, 0.4) is 0 Å². The van der Waals surface area contributed by atoms with E-state index in [1.54, 1.807) is 11.3 Å². The number of thiol groups is 1. The summed E-state index contributed by atoms with van der Waals surface area (Å²) in [6.45, 7) is 0. The molecule has 2 rings (SSSR count). The number of fused-ring (bicyclic) bond motifs is 1. The second-order valence-electron chi connectivity index (χ2n) is 2.67. The first-order valence-electron chi connectivity index (χ1n) is 3.67. The summed E-state index contributed by atoms with van der Waals surface area (Å²) >= 11 is 14.3. The van der Waals surface area contributed by atoms with Crippen LogP contribution in [0.5, 0.6) is 0 Å². The Labute approximate surface area is 105 Å². The van der Waals surface area contributed by atoms with Crippen molar-refractivity contribution in [3.05, 3.63) is 26.6 Å². The monoisotopic (exact) mass is 340 g/mol. The SMILES string of the molecule is Sc1c(CCl)ccc2c(I)csc12. The van der Waals surface area contributed by atoms with Crippen LogP contribution in [0.25, 0.3) is 10.1 Å². The van der Waals surface area contributed by atoms with E-state index in [9.17, 15) is 0 Å². The molecular weight excluding hydrogens is 335 g/mol. The quantitative estimate of drug-likeness (QED) is 0.440. The topological polar surface area (TPSA) is 0 Å². The Hall–Kier alpha value is 0.550. The third-order valence-corrected chi connectivity index (χ3v) is 5.18. The zero-order chi connectivity index (χ0) is 9.42. The van der Waals surface area contributed by atoms with E-state index in [-0.39, 0.29) is 0 Å². The van der Waals surface area contributed by atoms with E-state index in [1.165, 1.54) is 13.7 Å². The van der Waals surface area contributed by atoms with Gasteiger partial charge in [-0.2, -0.15) is 0 Å². The van der Waals surface area contributed by atoms with Gasteiger partial charge in [-0.3, -0.25) is 0 Å². The maximum atomic E-state index is 5.79. The zero-order valence-corrected chi connectivity index (χ0v) is 11.2. The van der Waals surface area contributed by atoms with Crippen molar-refractivity contribution < 1.29 is 0 Å². The van der Waals surface area contributed by atoms with Gasteiger partial charge in [-0.25, -0.2) is 0 Å². The highest BCUT2D eigenvalue weighted by atomic mass is 127. The van der Waals surface area contributed by atoms with Crippen molar-refractivity contribution in [2.45, 2.75) is 10.8 Å². The molecule has 0 spiro atoms. The third-order valence-electron chi connectivity index (χ3n) is 1.90. The van der Waals surface area contributed by atoms with Crippen LogP contribution in [-0.2, 0) is 5.88 Å². The summed E-state index contributed by atoms with van der Waals surface area (Å²) in [5.41, 5.74) is 1.11. The average molecular weight is 341 g/mol. The second kappa shape index (κ2) is 3.96. The number of alkyl halides is 1. The molecule has 0 fully saturated rings. The van der Waals surface area contributed by atoms with Crippen molar-refractivity contribution in [1.29, 1.82) is 0 Å². The number of benzene rings is 1. The first kappa shape index (κ1) is 10.1. The summed E-state index contributed by atoms with van der Waals surface area (Å²) in [5, 5.41) is 3.42. The van der Waals surface area contributed by atoms with Crippen LogP contribution in [-0.4, -0.2) is 0 Å². The van der Waals surface area contributed by atoms with Crippen LogP contribution in [0.4, 0.5) is 0 Å². The molecule has 0 aliphatic rings. The van der Waals surface area contributed by atoms with E-state index in [0.29, 0.717) is 5.88 Å². The average Bonchev–Trinajstić information content (AvgIpc) is 2.50. The van der Waals surface area contributed by atoms with Gasteiger partial charge in [-0.05, 0) is 28.2 Å². The van der Waals surface area contributed by atoms with Crippen LogP contribution in [0, 0.1) is 3.57 Å². The minimum atomic E-state index is 0.531. The Morgan fingerprint density at radius 1 is 1.46 bits per heavy atom. The summed E-state index contributed by atoms with van der Waals surface area (Å²) in [7, 11) is 0. The van der Waals surface area contributed by atoms with Gasteiger partial charge in [0, 0.05) is 29.8 Å². The van der Waals surface area contributed by atoms with Gasteiger partial charge in [0.1, 0.15) is 0 Å². The standard InChI is InChI=1S/C9H6ClIS2/c10-3-5-1-2-6-7(11)4-13-9(6)8(5)12/h1-2,4,12H,3H2. The lowest BCUT2D eigenvalue weighted by atomic mass is 10.2. The fourth-order valence-electron chi connectivity index (χ4n) is 1.20. The van der Waals surface area contributed by atoms with Crippen LogP contribution in [0.2, 0.25) is 0 Å². The van der Waals surface area contributed by atoms with E-state index < -0.39 is 0 Å². The summed E-state index contributed by atoms with van der Waals surface area (Å²) in [5.74, 6) is 0.531. The molecule has 0 aliphatic heterocycles. The molecule has 68 valence electrons. The minimum Gasteiger partial charge on any atom is -0.142 e. The molecule has 0 nitrogen and oxygen atoms in total. The molecule has 1 heterocycles. The Kier molecular flexibility index (Phi) is 3.07. The van der Waals surface area contributed by atoms with Crippen LogP contribution < -0.4 is 0 Å². The lowest BCUT2D eigenvalue weighted by molar-refractivity contribution is 1.32. The van der Waals surface area contributed by atoms with E-state index in [0.717, 1.165) is 10.5 Å². The van der Waals surface area contributed by atoms with E-state index >= 15 is 0 Å². The summed E-state index contributed by atoms with van der Waals surface area (Å²) in [4.78, 5) is 1.03. The lowest BCUT2D eigenvalue weighted by Crippen LogP contribution is -1.80. The van der Waals surface area contributed by atoms with E-state index in [2.05, 4.69) is 46.7 Å². The molecular formula is C9H6ClIS2. The summed E-state index contributed by atoms with van der Waals surface area (Å²) < 4.78 is 2.53. The molecule has 0 radical (unpaired) electrons. The van der Waals surface area contributed by atoms with Gasteiger partial charge in [0.15, 0.2) is 0 Å². The van der Waals surface area contributed by atoms with Gasteiger partial charge in [0.25, 0.3) is 0 Å². The van der Waals surface area contributed by atoms with Crippen molar-refractivity contribution in [2.24, 2.45) is 0 Å². The summed E-state index contributed by atoms with van der Waals surface area (Å²) in [6, 6.07) is 4.16. The number of halogens is 2. The molecule has 0 aliphatic carbocycles. The van der Waals surface area contributed by atoms with Crippen molar-refractivity contribution in [3.63, 3.8) is 0 Å². The smallest absolute Gasteiger partial charge is 0.0490 e. The third kappa shape index (κ3) is 1.71. The molecule has 13 heavy (non-hydrogen) atoms. The normalized spacial score (nSPS) is 11.0. The molecule has 0 atom stereocenters. The molecule has 0 amide bonds. The molecule has 0 bridgehead atoms. The zero-order valence-electron chi connectivity index (χ0n) is 6.55. The largest absolute Gasteiger partial charge is 0.142 e. The van der Waals surface area contributed by atoms with Gasteiger partial charge in [-0.1, -0.05) is 12.1 Å².